The van der Waals surface area contributed by atoms with Crippen molar-refractivity contribution in [2.75, 3.05) is 12.8 Å². The first-order chi connectivity index (χ1) is 26.8. The second kappa shape index (κ2) is 15.4. The molecule has 0 aliphatic heterocycles. The lowest BCUT2D eigenvalue weighted by Gasteiger charge is -2.10. The van der Waals surface area contributed by atoms with Gasteiger partial charge in [-0.15, -0.1) is 0 Å². The number of nitrogens with two attached hydrogens (primary N) is 1. The molecule has 0 aromatic heterocycles. The van der Waals surface area contributed by atoms with Gasteiger partial charge in [0.25, 0.3) is 0 Å². The summed E-state index contributed by atoms with van der Waals surface area (Å²) in [7, 11) is -9.96. The smallest absolute Gasteiger partial charge is 0.206 e. The Bertz CT molecular complexity index is 2830. The van der Waals surface area contributed by atoms with Gasteiger partial charge in [0.05, 0.1) is 36.5 Å². The first-order valence-electron chi connectivity index (χ1n) is 16.9. The minimum atomic E-state index is -3.88. The highest BCUT2D eigenvalue weighted by atomic mass is 32.2. The second-order valence-corrected chi connectivity index (χ2v) is 18.3. The SMILES string of the molecule is COc1ccc(S(=O)(=O)c2ccc(Oc3ccc(S(=O)(=O)c4ccc(-c5ccc(S(=O)(=O)c6ccc(Oc7cccc(N)c7)cc6)cc5)cc4)cc3)cc2)cc1. The number of ether oxygens (including phenoxy) is 3. The highest BCUT2D eigenvalue weighted by Crippen LogP contribution is 2.32. The zero-order valence-electron chi connectivity index (χ0n) is 29.6. The summed E-state index contributed by atoms with van der Waals surface area (Å²) in [5, 5.41) is 0. The Morgan fingerprint density at radius 3 is 0.946 bits per heavy atom. The average Bonchev–Trinajstić information content (AvgIpc) is 3.21. The van der Waals surface area contributed by atoms with E-state index < -0.39 is 29.5 Å². The number of benzene rings is 7. The van der Waals surface area contributed by atoms with Crippen LogP contribution in [0, 0.1) is 0 Å². The molecule has 56 heavy (non-hydrogen) atoms. The standard InChI is InChI=1S/C43H33NO9S3/c1-51-33-9-21-40(22-10-33)56(49,50)43-25-13-35(14-26-43)52-34-11-23-41(24-12-34)54(45,46)38-17-5-30(6-18-38)31-7-19-39(20-8-31)55(47,48)42-27-15-36(16-28-42)53-37-4-2-3-32(44)29-37/h2-29H,44H2,1H3. The minimum Gasteiger partial charge on any atom is -0.497 e. The van der Waals surface area contributed by atoms with Gasteiger partial charge in [-0.05, 0) is 145 Å². The van der Waals surface area contributed by atoms with E-state index in [0.717, 1.165) is 0 Å². The fraction of sp³-hybridized carbons (Fsp3) is 0.0233. The molecule has 0 unspecified atom stereocenters. The van der Waals surface area contributed by atoms with Crippen molar-refractivity contribution in [3.05, 3.63) is 170 Å². The van der Waals surface area contributed by atoms with Crippen LogP contribution in [0.25, 0.3) is 11.1 Å². The quantitative estimate of drug-likeness (QED) is 0.118. The van der Waals surface area contributed by atoms with E-state index in [-0.39, 0.29) is 29.4 Å². The van der Waals surface area contributed by atoms with Crippen molar-refractivity contribution in [3.63, 3.8) is 0 Å². The topological polar surface area (TPSA) is 156 Å². The molecule has 7 aromatic rings. The van der Waals surface area contributed by atoms with Crippen LogP contribution in [0.3, 0.4) is 0 Å². The van der Waals surface area contributed by atoms with Gasteiger partial charge >= 0.3 is 0 Å². The van der Waals surface area contributed by atoms with E-state index in [1.807, 2.05) is 0 Å². The summed E-state index contributed by atoms with van der Waals surface area (Å²) in [5.41, 5.74) is 7.74. The Morgan fingerprint density at radius 2 is 0.643 bits per heavy atom. The summed E-state index contributed by atoms with van der Waals surface area (Å²) in [4.78, 5) is 0.553. The van der Waals surface area contributed by atoms with Crippen LogP contribution in [0.1, 0.15) is 0 Å². The number of sulfone groups is 3. The predicted molar refractivity (Wildman–Crippen MR) is 212 cm³/mol. The molecule has 0 saturated carbocycles. The third kappa shape index (κ3) is 8.01. The lowest BCUT2D eigenvalue weighted by Crippen LogP contribution is -2.02. The van der Waals surface area contributed by atoms with Crippen molar-refractivity contribution >= 4 is 35.2 Å². The van der Waals surface area contributed by atoms with E-state index in [1.165, 1.54) is 104 Å². The van der Waals surface area contributed by atoms with Gasteiger partial charge in [0.2, 0.25) is 29.5 Å². The van der Waals surface area contributed by atoms with Crippen molar-refractivity contribution in [2.24, 2.45) is 0 Å². The molecule has 7 aromatic carbocycles. The molecule has 0 bridgehead atoms. The molecule has 2 N–H and O–H groups in total. The maximum Gasteiger partial charge on any atom is 0.206 e. The molecular weight excluding hydrogens is 771 g/mol. The van der Waals surface area contributed by atoms with Crippen molar-refractivity contribution < 1.29 is 39.5 Å². The normalized spacial score (nSPS) is 11.8. The molecule has 0 amide bonds. The van der Waals surface area contributed by atoms with Crippen molar-refractivity contribution in [1.29, 1.82) is 0 Å². The van der Waals surface area contributed by atoms with Gasteiger partial charge in [0, 0.05) is 11.8 Å². The van der Waals surface area contributed by atoms with Crippen LogP contribution < -0.4 is 19.9 Å². The Morgan fingerprint density at radius 1 is 0.357 bits per heavy atom. The highest BCUT2D eigenvalue weighted by Gasteiger charge is 2.21. The van der Waals surface area contributed by atoms with Crippen LogP contribution in [0.5, 0.6) is 28.7 Å². The van der Waals surface area contributed by atoms with E-state index in [1.54, 1.807) is 72.8 Å². The molecule has 13 heteroatoms. The molecule has 0 heterocycles. The van der Waals surface area contributed by atoms with Gasteiger partial charge in [0.15, 0.2) is 0 Å². The van der Waals surface area contributed by atoms with E-state index in [9.17, 15) is 25.3 Å². The number of hydrogen-bond acceptors (Lipinski definition) is 10. The summed E-state index contributed by atoms with van der Waals surface area (Å²) in [6.45, 7) is 0. The van der Waals surface area contributed by atoms with Crippen molar-refractivity contribution in [1.82, 2.24) is 0 Å². The van der Waals surface area contributed by atoms with Crippen LogP contribution in [0.2, 0.25) is 0 Å². The number of nitrogen functional groups attached to an aromatic ring is 1. The summed E-state index contributed by atoms with van der Waals surface area (Å²) in [6.07, 6.45) is 0. The van der Waals surface area contributed by atoms with Gasteiger partial charge in [-0.2, -0.15) is 0 Å². The maximum atomic E-state index is 13.5. The van der Waals surface area contributed by atoms with Crippen molar-refractivity contribution in [2.45, 2.75) is 29.4 Å². The third-order valence-electron chi connectivity index (χ3n) is 8.76. The molecule has 0 radical (unpaired) electrons. The monoisotopic (exact) mass is 803 g/mol. The van der Waals surface area contributed by atoms with Gasteiger partial charge in [-0.1, -0.05) is 30.3 Å². The second-order valence-electron chi connectivity index (χ2n) is 12.4. The first kappa shape index (κ1) is 37.9. The van der Waals surface area contributed by atoms with Gasteiger partial charge in [0.1, 0.15) is 28.7 Å². The molecule has 0 spiro atoms. The third-order valence-corrected chi connectivity index (χ3v) is 14.1. The van der Waals surface area contributed by atoms with Crippen LogP contribution in [-0.4, -0.2) is 32.4 Å². The molecule has 0 atom stereocenters. The Labute approximate surface area is 325 Å². The number of rotatable bonds is 12. The highest BCUT2D eigenvalue weighted by molar-refractivity contribution is 7.92. The van der Waals surface area contributed by atoms with Crippen LogP contribution in [0.15, 0.2) is 199 Å². The lowest BCUT2D eigenvalue weighted by atomic mass is 10.1. The Kier molecular flexibility index (Phi) is 10.4. The van der Waals surface area contributed by atoms with Gasteiger partial charge in [-0.25, -0.2) is 25.3 Å². The fourth-order valence-corrected chi connectivity index (χ4v) is 9.51. The zero-order valence-corrected chi connectivity index (χ0v) is 32.1. The summed E-state index contributed by atoms with van der Waals surface area (Å²) >= 11 is 0. The lowest BCUT2D eigenvalue weighted by molar-refractivity contribution is 0.414. The molecular formula is C43H33NO9S3. The molecule has 10 nitrogen and oxygen atoms in total. The van der Waals surface area contributed by atoms with Crippen LogP contribution in [0.4, 0.5) is 5.69 Å². The zero-order chi connectivity index (χ0) is 39.5. The Hall–Kier alpha value is -6.41. The molecule has 0 aliphatic rings. The molecule has 0 saturated heterocycles. The van der Waals surface area contributed by atoms with Crippen molar-refractivity contribution in [3.8, 4) is 39.9 Å². The van der Waals surface area contributed by atoms with Crippen LogP contribution >= 0.6 is 0 Å². The molecule has 0 aliphatic carbocycles. The van der Waals surface area contributed by atoms with E-state index >= 15 is 0 Å². The van der Waals surface area contributed by atoms with E-state index in [0.29, 0.717) is 45.6 Å². The molecule has 7 rings (SSSR count). The number of anilines is 1. The average molecular weight is 804 g/mol. The number of hydrogen-bond donors (Lipinski definition) is 1. The van der Waals surface area contributed by atoms with Crippen LogP contribution in [-0.2, 0) is 29.5 Å². The minimum absolute atomic E-state index is 0.0532. The fourth-order valence-electron chi connectivity index (χ4n) is 5.73. The van der Waals surface area contributed by atoms with Gasteiger partial charge in [-0.3, -0.25) is 0 Å². The molecule has 282 valence electrons. The van der Waals surface area contributed by atoms with Gasteiger partial charge < -0.3 is 19.9 Å². The summed E-state index contributed by atoms with van der Waals surface area (Å²) < 4.78 is 96.4. The largest absolute Gasteiger partial charge is 0.497 e. The summed E-state index contributed by atoms with van der Waals surface area (Å²) in [5.74, 6) is 2.26. The maximum absolute atomic E-state index is 13.5. The first-order valence-corrected chi connectivity index (χ1v) is 21.4. The Balaban J connectivity index is 0.988. The van der Waals surface area contributed by atoms with E-state index in [2.05, 4.69) is 0 Å². The number of methoxy groups -OCH3 is 1. The predicted octanol–water partition coefficient (Wildman–Crippen LogP) is 9.03. The molecule has 0 fully saturated rings. The van der Waals surface area contributed by atoms with E-state index in [4.69, 9.17) is 19.9 Å². The summed E-state index contributed by atoms with van der Waals surface area (Å²) in [6, 6.07) is 43.6.